The molecule has 0 aromatic rings. The van der Waals surface area contributed by atoms with E-state index in [1.54, 1.807) is 0 Å². The quantitative estimate of drug-likeness (QED) is 0.756. The van der Waals surface area contributed by atoms with Crippen LogP contribution in [0.1, 0.15) is 47.5 Å². The molecule has 0 saturated heterocycles. The smallest absolute Gasteiger partial charge is 0.310 e. The zero-order valence-corrected chi connectivity index (χ0v) is 10.8. The molecule has 16 heavy (non-hydrogen) atoms. The molecule has 0 radical (unpaired) electrons. The van der Waals surface area contributed by atoms with Crippen molar-refractivity contribution in [1.29, 1.82) is 0 Å². The van der Waals surface area contributed by atoms with E-state index in [2.05, 4.69) is 0 Å². The van der Waals surface area contributed by atoms with Gasteiger partial charge in [0.1, 0.15) is 0 Å². The maximum atomic E-state index is 11.5. The van der Waals surface area contributed by atoms with Crippen LogP contribution >= 0.6 is 0 Å². The zero-order chi connectivity index (χ0) is 13.1. The summed E-state index contributed by atoms with van der Waals surface area (Å²) < 4.78 is 0. The van der Waals surface area contributed by atoms with Crippen LogP contribution in [-0.4, -0.2) is 17.0 Å². The summed E-state index contributed by atoms with van der Waals surface area (Å²) in [6, 6.07) is 0. The Kier molecular flexibility index (Phi) is 4.53. The number of hydrogen-bond acceptors (Lipinski definition) is 2. The number of rotatable bonds is 5. The van der Waals surface area contributed by atoms with Crippen LogP contribution in [-0.2, 0) is 9.59 Å². The van der Waals surface area contributed by atoms with Crippen LogP contribution in [0.5, 0.6) is 0 Å². The number of amides is 1. The van der Waals surface area contributed by atoms with E-state index in [1.165, 1.54) is 0 Å². The van der Waals surface area contributed by atoms with Gasteiger partial charge in [0.15, 0.2) is 0 Å². The fourth-order valence-electron chi connectivity index (χ4n) is 2.12. The van der Waals surface area contributed by atoms with Crippen molar-refractivity contribution in [1.82, 2.24) is 0 Å². The first-order chi connectivity index (χ1) is 7.03. The number of hydrogen-bond donors (Lipinski definition) is 2. The molecule has 0 aliphatic heterocycles. The summed E-state index contributed by atoms with van der Waals surface area (Å²) in [7, 11) is 0. The lowest BCUT2D eigenvalue weighted by atomic mass is 9.61. The third-order valence-corrected chi connectivity index (χ3v) is 3.08. The molecule has 0 spiro atoms. The van der Waals surface area contributed by atoms with Crippen molar-refractivity contribution in [3.05, 3.63) is 0 Å². The van der Waals surface area contributed by atoms with E-state index in [1.807, 2.05) is 34.6 Å². The second-order valence-corrected chi connectivity index (χ2v) is 5.88. The highest BCUT2D eigenvalue weighted by molar-refractivity contribution is 5.84. The monoisotopic (exact) mass is 229 g/mol. The number of nitrogens with two attached hydrogens (primary N) is 1. The molecule has 3 N–H and O–H groups in total. The summed E-state index contributed by atoms with van der Waals surface area (Å²) in [5.74, 6) is -1.29. The molecule has 0 aliphatic carbocycles. The fourth-order valence-corrected chi connectivity index (χ4v) is 2.12. The van der Waals surface area contributed by atoms with E-state index in [4.69, 9.17) is 5.73 Å². The van der Waals surface area contributed by atoms with Crippen molar-refractivity contribution in [2.75, 3.05) is 0 Å². The van der Waals surface area contributed by atoms with Crippen molar-refractivity contribution in [2.24, 2.45) is 22.5 Å². The Balaban J connectivity index is 5.40. The lowest BCUT2D eigenvalue weighted by Gasteiger charge is -2.41. The molecule has 0 fully saturated rings. The summed E-state index contributed by atoms with van der Waals surface area (Å²) in [5, 5.41) is 9.45. The van der Waals surface area contributed by atoms with Gasteiger partial charge in [-0.05, 0) is 17.8 Å². The van der Waals surface area contributed by atoms with Gasteiger partial charge in [0, 0.05) is 6.42 Å². The Morgan fingerprint density at radius 2 is 1.69 bits per heavy atom. The van der Waals surface area contributed by atoms with Gasteiger partial charge in [0.05, 0.1) is 5.41 Å². The highest BCUT2D eigenvalue weighted by atomic mass is 16.4. The van der Waals surface area contributed by atoms with Crippen molar-refractivity contribution < 1.29 is 14.7 Å². The van der Waals surface area contributed by atoms with Gasteiger partial charge < -0.3 is 10.8 Å². The third kappa shape index (κ3) is 3.22. The third-order valence-electron chi connectivity index (χ3n) is 3.08. The average Bonchev–Trinajstić information content (AvgIpc) is 1.97. The van der Waals surface area contributed by atoms with Crippen molar-refractivity contribution in [3.8, 4) is 0 Å². The summed E-state index contributed by atoms with van der Waals surface area (Å²) in [5.41, 5.74) is 3.61. The average molecular weight is 229 g/mol. The van der Waals surface area contributed by atoms with Gasteiger partial charge in [-0.2, -0.15) is 0 Å². The first-order valence-corrected chi connectivity index (χ1v) is 5.54. The Labute approximate surface area is 97.2 Å². The zero-order valence-electron chi connectivity index (χ0n) is 10.8. The van der Waals surface area contributed by atoms with Gasteiger partial charge in [-0.25, -0.2) is 0 Å². The van der Waals surface area contributed by atoms with Crippen LogP contribution < -0.4 is 5.73 Å². The molecule has 1 atom stereocenters. The predicted molar refractivity (Wildman–Crippen MR) is 62.8 cm³/mol. The molecule has 0 aromatic carbocycles. The maximum absolute atomic E-state index is 11.5. The Hall–Kier alpha value is -1.06. The number of carboxylic acids is 1. The molecule has 0 aromatic heterocycles. The largest absolute Gasteiger partial charge is 0.481 e. The van der Waals surface area contributed by atoms with Crippen molar-refractivity contribution in [3.63, 3.8) is 0 Å². The molecule has 4 heteroatoms. The minimum absolute atomic E-state index is 0.107. The standard InChI is InChI=1S/C12H23NO3/c1-8(2)6-12(10(15)16,7-9(13)14)11(3,4)5/h8H,6-7H2,1-5H3,(H2,13,14)(H,15,16). The molecule has 1 amide bonds. The Bertz CT molecular complexity index is 278. The van der Waals surface area contributed by atoms with Gasteiger partial charge in [0.25, 0.3) is 0 Å². The Morgan fingerprint density at radius 3 is 1.88 bits per heavy atom. The van der Waals surface area contributed by atoms with E-state index in [-0.39, 0.29) is 12.3 Å². The van der Waals surface area contributed by atoms with E-state index in [9.17, 15) is 14.7 Å². The van der Waals surface area contributed by atoms with Crippen LogP contribution in [0.4, 0.5) is 0 Å². The first kappa shape index (κ1) is 14.9. The SMILES string of the molecule is CC(C)CC(CC(N)=O)(C(=O)O)C(C)(C)C. The molecule has 0 saturated carbocycles. The summed E-state index contributed by atoms with van der Waals surface area (Å²) in [4.78, 5) is 22.6. The van der Waals surface area contributed by atoms with Gasteiger partial charge in [-0.1, -0.05) is 34.6 Å². The minimum atomic E-state index is -1.08. The number of primary amides is 1. The van der Waals surface area contributed by atoms with Crippen molar-refractivity contribution >= 4 is 11.9 Å². The molecular formula is C12H23NO3. The molecular weight excluding hydrogens is 206 g/mol. The summed E-state index contributed by atoms with van der Waals surface area (Å²) in [6.45, 7) is 9.42. The number of carbonyl (C=O) groups is 2. The molecule has 1 unspecified atom stereocenters. The highest BCUT2D eigenvalue weighted by Crippen LogP contribution is 2.46. The maximum Gasteiger partial charge on any atom is 0.310 e. The van der Waals surface area contributed by atoms with E-state index >= 15 is 0 Å². The number of aliphatic carboxylic acids is 1. The van der Waals surface area contributed by atoms with E-state index in [0.29, 0.717) is 6.42 Å². The first-order valence-electron chi connectivity index (χ1n) is 5.54. The molecule has 0 aliphatic rings. The molecule has 0 heterocycles. The second kappa shape index (κ2) is 4.85. The van der Waals surface area contributed by atoms with Gasteiger partial charge >= 0.3 is 5.97 Å². The topological polar surface area (TPSA) is 80.4 Å². The number of carboxylic acid groups (broad SMARTS) is 1. The fraction of sp³-hybridized carbons (Fsp3) is 0.833. The van der Waals surface area contributed by atoms with Crippen LogP contribution in [0.2, 0.25) is 0 Å². The summed E-state index contributed by atoms with van der Waals surface area (Å²) >= 11 is 0. The number of carbonyl (C=O) groups excluding carboxylic acids is 1. The van der Waals surface area contributed by atoms with Crippen molar-refractivity contribution in [2.45, 2.75) is 47.5 Å². The predicted octanol–water partition coefficient (Wildman–Crippen LogP) is 2.02. The molecule has 0 rings (SSSR count). The van der Waals surface area contributed by atoms with Crippen LogP contribution in [0.3, 0.4) is 0 Å². The molecule has 4 nitrogen and oxygen atoms in total. The molecule has 94 valence electrons. The lowest BCUT2D eigenvalue weighted by molar-refractivity contribution is -0.161. The van der Waals surface area contributed by atoms with E-state index < -0.39 is 22.7 Å². The summed E-state index contributed by atoms with van der Waals surface area (Å²) in [6.07, 6.45) is 0.346. The second-order valence-electron chi connectivity index (χ2n) is 5.88. The van der Waals surface area contributed by atoms with Gasteiger partial charge in [-0.15, -0.1) is 0 Å². The van der Waals surface area contributed by atoms with E-state index in [0.717, 1.165) is 0 Å². The highest BCUT2D eigenvalue weighted by Gasteiger charge is 2.49. The van der Waals surface area contributed by atoms with Gasteiger partial charge in [0.2, 0.25) is 5.91 Å². The van der Waals surface area contributed by atoms with Crippen LogP contribution in [0.25, 0.3) is 0 Å². The normalized spacial score (nSPS) is 15.9. The molecule has 0 bridgehead atoms. The van der Waals surface area contributed by atoms with Gasteiger partial charge in [-0.3, -0.25) is 9.59 Å². The van der Waals surface area contributed by atoms with Crippen LogP contribution in [0, 0.1) is 16.7 Å². The van der Waals surface area contributed by atoms with Crippen LogP contribution in [0.15, 0.2) is 0 Å². The minimum Gasteiger partial charge on any atom is -0.481 e. The Morgan fingerprint density at radius 1 is 1.25 bits per heavy atom. The lowest BCUT2D eigenvalue weighted by Crippen LogP contribution is -2.46.